The van der Waals surface area contributed by atoms with Crippen molar-refractivity contribution in [2.45, 2.75) is 25.8 Å². The highest BCUT2D eigenvalue weighted by molar-refractivity contribution is 5.39. The molecule has 1 atom stereocenters. The van der Waals surface area contributed by atoms with Crippen LogP contribution < -0.4 is 5.32 Å². The monoisotopic (exact) mass is 202 g/mol. The lowest BCUT2D eigenvalue weighted by atomic mass is 10.2. The summed E-state index contributed by atoms with van der Waals surface area (Å²) < 4.78 is 2.10. The molecular formula is C11H14N4. The highest BCUT2D eigenvalue weighted by atomic mass is 15.3. The highest BCUT2D eigenvalue weighted by Gasteiger charge is 2.21. The van der Waals surface area contributed by atoms with Crippen LogP contribution in [0.4, 0.5) is 0 Å². The second kappa shape index (κ2) is 3.31. The third-order valence-electron chi connectivity index (χ3n) is 2.95. The molecule has 1 unspecified atom stereocenters. The number of nitrogens with zero attached hydrogens (tertiary/aromatic N) is 3. The Bertz CT molecular complexity index is 482. The molecule has 78 valence electrons. The number of aromatic nitrogens is 3. The molecule has 2 aromatic heterocycles. The van der Waals surface area contributed by atoms with E-state index in [0.717, 1.165) is 24.4 Å². The van der Waals surface area contributed by atoms with Gasteiger partial charge in [0.05, 0.1) is 6.04 Å². The summed E-state index contributed by atoms with van der Waals surface area (Å²) in [6.45, 7) is 3.18. The van der Waals surface area contributed by atoms with Crippen LogP contribution in [0.1, 0.15) is 30.3 Å². The number of pyridine rings is 1. The smallest absolute Gasteiger partial charge is 0.160 e. The van der Waals surface area contributed by atoms with Crippen LogP contribution in [0, 0.1) is 6.92 Å². The summed E-state index contributed by atoms with van der Waals surface area (Å²) in [4.78, 5) is 0. The first-order valence-electron chi connectivity index (χ1n) is 5.39. The molecule has 0 aromatic carbocycles. The zero-order valence-electron chi connectivity index (χ0n) is 8.77. The molecule has 0 aliphatic carbocycles. The van der Waals surface area contributed by atoms with Crippen molar-refractivity contribution in [2.24, 2.45) is 0 Å². The van der Waals surface area contributed by atoms with Gasteiger partial charge in [-0.05, 0) is 37.9 Å². The van der Waals surface area contributed by atoms with Gasteiger partial charge in [-0.15, -0.1) is 10.2 Å². The van der Waals surface area contributed by atoms with Crippen LogP contribution in [0.5, 0.6) is 0 Å². The van der Waals surface area contributed by atoms with Crippen molar-refractivity contribution < 1.29 is 0 Å². The molecule has 3 rings (SSSR count). The van der Waals surface area contributed by atoms with Crippen molar-refractivity contribution in [3.8, 4) is 0 Å². The fraction of sp³-hybridized carbons (Fsp3) is 0.455. The minimum atomic E-state index is 0.377. The first-order chi connectivity index (χ1) is 7.34. The zero-order chi connectivity index (χ0) is 10.3. The van der Waals surface area contributed by atoms with Gasteiger partial charge in [-0.25, -0.2) is 0 Å². The number of hydrogen-bond acceptors (Lipinski definition) is 3. The van der Waals surface area contributed by atoms with Gasteiger partial charge in [0, 0.05) is 6.20 Å². The van der Waals surface area contributed by atoms with Gasteiger partial charge in [-0.2, -0.15) is 0 Å². The average molecular weight is 202 g/mol. The topological polar surface area (TPSA) is 42.2 Å². The van der Waals surface area contributed by atoms with E-state index in [-0.39, 0.29) is 0 Å². The zero-order valence-corrected chi connectivity index (χ0v) is 8.77. The minimum Gasteiger partial charge on any atom is -0.307 e. The Labute approximate surface area is 88.3 Å². The number of fused-ring (bicyclic) bond motifs is 1. The lowest BCUT2D eigenvalue weighted by molar-refractivity contribution is 0.598. The molecule has 4 nitrogen and oxygen atoms in total. The number of hydrogen-bond donors (Lipinski definition) is 1. The summed E-state index contributed by atoms with van der Waals surface area (Å²) in [6, 6.07) is 4.46. The lowest BCUT2D eigenvalue weighted by Gasteiger charge is -2.07. The van der Waals surface area contributed by atoms with Gasteiger partial charge in [0.15, 0.2) is 11.5 Å². The second-order valence-electron chi connectivity index (χ2n) is 4.14. The maximum Gasteiger partial charge on any atom is 0.160 e. The summed E-state index contributed by atoms with van der Waals surface area (Å²) >= 11 is 0. The van der Waals surface area contributed by atoms with E-state index in [0.29, 0.717) is 6.04 Å². The summed E-state index contributed by atoms with van der Waals surface area (Å²) in [5.41, 5.74) is 2.17. The predicted octanol–water partition coefficient (Wildman–Crippen LogP) is 1.46. The molecular weight excluding hydrogens is 188 g/mol. The molecule has 0 bridgehead atoms. The van der Waals surface area contributed by atoms with Crippen molar-refractivity contribution in [3.63, 3.8) is 0 Å². The fourth-order valence-electron chi connectivity index (χ4n) is 2.16. The summed E-state index contributed by atoms with van der Waals surface area (Å²) in [5.74, 6) is 1.05. The number of rotatable bonds is 1. The van der Waals surface area contributed by atoms with Crippen LogP contribution in [0.3, 0.4) is 0 Å². The van der Waals surface area contributed by atoms with E-state index in [4.69, 9.17) is 0 Å². The van der Waals surface area contributed by atoms with E-state index in [2.05, 4.69) is 39.1 Å². The molecule has 1 aliphatic rings. The van der Waals surface area contributed by atoms with E-state index in [1.54, 1.807) is 0 Å². The molecule has 1 aliphatic heterocycles. The lowest BCUT2D eigenvalue weighted by Crippen LogP contribution is -2.15. The van der Waals surface area contributed by atoms with Gasteiger partial charge >= 0.3 is 0 Å². The number of aryl methyl sites for hydroxylation is 1. The Morgan fingerprint density at radius 2 is 2.33 bits per heavy atom. The molecule has 1 N–H and O–H groups in total. The number of nitrogens with one attached hydrogen (secondary N) is 1. The quantitative estimate of drug-likeness (QED) is 0.761. The van der Waals surface area contributed by atoms with Crippen molar-refractivity contribution in [1.29, 1.82) is 0 Å². The Balaban J connectivity index is 2.13. The van der Waals surface area contributed by atoms with Gasteiger partial charge in [0.1, 0.15) is 0 Å². The molecule has 4 heteroatoms. The Kier molecular flexibility index (Phi) is 1.95. The fourth-order valence-corrected chi connectivity index (χ4v) is 2.16. The molecule has 2 aromatic rings. The van der Waals surface area contributed by atoms with Gasteiger partial charge in [-0.3, -0.25) is 4.40 Å². The Morgan fingerprint density at radius 3 is 3.13 bits per heavy atom. The van der Waals surface area contributed by atoms with Crippen LogP contribution in [0.15, 0.2) is 18.3 Å². The molecule has 0 spiro atoms. The maximum absolute atomic E-state index is 4.27. The van der Waals surface area contributed by atoms with Gasteiger partial charge < -0.3 is 5.32 Å². The van der Waals surface area contributed by atoms with E-state index in [1.165, 1.54) is 12.0 Å². The van der Waals surface area contributed by atoms with E-state index < -0.39 is 0 Å². The van der Waals surface area contributed by atoms with Gasteiger partial charge in [0.25, 0.3) is 0 Å². The van der Waals surface area contributed by atoms with Crippen LogP contribution in [-0.4, -0.2) is 21.1 Å². The SMILES string of the molecule is Cc1ccc2nnc(C3CCCN3)n2c1. The molecule has 0 saturated carbocycles. The minimum absolute atomic E-state index is 0.377. The highest BCUT2D eigenvalue weighted by Crippen LogP contribution is 2.21. The van der Waals surface area contributed by atoms with Crippen molar-refractivity contribution >= 4 is 5.65 Å². The van der Waals surface area contributed by atoms with Crippen LogP contribution in [0.25, 0.3) is 5.65 Å². The largest absolute Gasteiger partial charge is 0.307 e. The van der Waals surface area contributed by atoms with Crippen LogP contribution in [-0.2, 0) is 0 Å². The molecule has 15 heavy (non-hydrogen) atoms. The summed E-state index contributed by atoms with van der Waals surface area (Å²) in [7, 11) is 0. The first-order valence-corrected chi connectivity index (χ1v) is 5.39. The predicted molar refractivity (Wildman–Crippen MR) is 57.7 cm³/mol. The summed E-state index contributed by atoms with van der Waals surface area (Å²) in [5, 5.41) is 11.9. The summed E-state index contributed by atoms with van der Waals surface area (Å²) in [6.07, 6.45) is 4.49. The first kappa shape index (κ1) is 8.85. The van der Waals surface area contributed by atoms with E-state index in [9.17, 15) is 0 Å². The standard InChI is InChI=1S/C11H14N4/c1-8-4-5-10-13-14-11(15(10)7-8)9-3-2-6-12-9/h4-5,7,9,12H,2-3,6H2,1H3. The Morgan fingerprint density at radius 1 is 1.40 bits per heavy atom. The molecule has 0 radical (unpaired) electrons. The average Bonchev–Trinajstić information content (AvgIpc) is 2.83. The van der Waals surface area contributed by atoms with Gasteiger partial charge in [0.2, 0.25) is 0 Å². The van der Waals surface area contributed by atoms with Crippen LogP contribution in [0.2, 0.25) is 0 Å². The molecule has 0 amide bonds. The maximum atomic E-state index is 4.27. The van der Waals surface area contributed by atoms with E-state index >= 15 is 0 Å². The Hall–Kier alpha value is -1.42. The molecule has 1 saturated heterocycles. The van der Waals surface area contributed by atoms with Crippen LogP contribution >= 0.6 is 0 Å². The van der Waals surface area contributed by atoms with Crippen molar-refractivity contribution in [3.05, 3.63) is 29.7 Å². The van der Waals surface area contributed by atoms with Crippen molar-refractivity contribution in [2.75, 3.05) is 6.54 Å². The molecule has 1 fully saturated rings. The second-order valence-corrected chi connectivity index (χ2v) is 4.14. The molecule has 3 heterocycles. The van der Waals surface area contributed by atoms with Crippen molar-refractivity contribution in [1.82, 2.24) is 19.9 Å². The van der Waals surface area contributed by atoms with Gasteiger partial charge in [-0.1, -0.05) is 6.07 Å². The normalized spacial score (nSPS) is 21.3. The van der Waals surface area contributed by atoms with E-state index in [1.807, 2.05) is 6.07 Å². The third-order valence-corrected chi connectivity index (χ3v) is 2.95. The third kappa shape index (κ3) is 1.41.